The summed E-state index contributed by atoms with van der Waals surface area (Å²) < 4.78 is 5.52. The number of hydrogen-bond acceptors (Lipinski definition) is 3. The fraction of sp³-hybridized carbons (Fsp3) is 0.556. The number of aliphatic carboxylic acids is 1. The molecule has 126 valence electrons. The van der Waals surface area contributed by atoms with E-state index in [-0.39, 0.29) is 24.3 Å². The highest BCUT2D eigenvalue weighted by Gasteiger charge is 2.30. The second-order valence-corrected chi connectivity index (χ2v) is 6.41. The Labute approximate surface area is 137 Å². The molecule has 0 unspecified atom stereocenters. The maximum Gasteiger partial charge on any atom is 0.306 e. The minimum Gasteiger partial charge on any atom is -0.484 e. The molecule has 1 amide bonds. The highest BCUT2D eigenvalue weighted by atomic mass is 16.5. The van der Waals surface area contributed by atoms with E-state index in [0.29, 0.717) is 18.7 Å². The molecule has 5 nitrogen and oxygen atoms in total. The SMILES string of the molecule is Cc1cc(C)cc(OCC(=O)NC[C@@H]2CCCC[C@@H]2C(=O)O)c1. The Balaban J connectivity index is 1.79. The van der Waals surface area contributed by atoms with E-state index in [4.69, 9.17) is 4.74 Å². The number of carbonyl (C=O) groups excluding carboxylic acids is 1. The van der Waals surface area contributed by atoms with Crippen molar-refractivity contribution in [1.29, 1.82) is 0 Å². The average molecular weight is 319 g/mol. The van der Waals surface area contributed by atoms with E-state index in [2.05, 4.69) is 5.32 Å². The number of carboxylic acids is 1. The number of benzene rings is 1. The molecule has 1 aromatic rings. The predicted molar refractivity (Wildman–Crippen MR) is 87.5 cm³/mol. The third-order valence-corrected chi connectivity index (χ3v) is 4.35. The first-order valence-corrected chi connectivity index (χ1v) is 8.16. The first-order chi connectivity index (χ1) is 11.0. The number of hydrogen-bond donors (Lipinski definition) is 2. The Morgan fingerprint density at radius 1 is 1.17 bits per heavy atom. The molecule has 1 saturated carbocycles. The molecule has 5 heteroatoms. The number of carbonyl (C=O) groups is 2. The van der Waals surface area contributed by atoms with Crippen LogP contribution in [0.5, 0.6) is 5.75 Å². The predicted octanol–water partition coefficient (Wildman–Crippen LogP) is 2.69. The molecule has 2 N–H and O–H groups in total. The van der Waals surface area contributed by atoms with Crippen LogP contribution < -0.4 is 10.1 Å². The number of carboxylic acid groups (broad SMARTS) is 1. The molecule has 1 aliphatic carbocycles. The topological polar surface area (TPSA) is 75.6 Å². The second kappa shape index (κ2) is 7.99. The molecule has 0 heterocycles. The van der Waals surface area contributed by atoms with Gasteiger partial charge in [-0.2, -0.15) is 0 Å². The van der Waals surface area contributed by atoms with Crippen molar-refractivity contribution >= 4 is 11.9 Å². The zero-order valence-corrected chi connectivity index (χ0v) is 13.8. The summed E-state index contributed by atoms with van der Waals surface area (Å²) in [4.78, 5) is 23.2. The monoisotopic (exact) mass is 319 g/mol. The lowest BCUT2D eigenvalue weighted by atomic mass is 9.79. The van der Waals surface area contributed by atoms with E-state index in [9.17, 15) is 14.7 Å². The van der Waals surface area contributed by atoms with Gasteiger partial charge >= 0.3 is 5.97 Å². The molecule has 1 aromatic carbocycles. The Bertz CT molecular complexity index is 550. The minimum absolute atomic E-state index is 0.0198. The molecule has 2 atom stereocenters. The van der Waals surface area contributed by atoms with Crippen molar-refractivity contribution in [3.63, 3.8) is 0 Å². The van der Waals surface area contributed by atoms with Crippen LogP contribution >= 0.6 is 0 Å². The van der Waals surface area contributed by atoms with Crippen LogP contribution in [0.4, 0.5) is 0 Å². The minimum atomic E-state index is -0.754. The summed E-state index contributed by atoms with van der Waals surface area (Å²) in [6.07, 6.45) is 3.55. The molecule has 1 fully saturated rings. The van der Waals surface area contributed by atoms with Crippen LogP contribution in [-0.4, -0.2) is 30.1 Å². The number of aryl methyl sites for hydroxylation is 2. The van der Waals surface area contributed by atoms with E-state index < -0.39 is 5.97 Å². The summed E-state index contributed by atoms with van der Waals surface area (Å²) in [5.74, 6) is -0.608. The molecule has 0 saturated heterocycles. The quantitative estimate of drug-likeness (QED) is 0.845. The summed E-state index contributed by atoms with van der Waals surface area (Å²) in [7, 11) is 0. The lowest BCUT2D eigenvalue weighted by molar-refractivity contribution is -0.145. The van der Waals surface area contributed by atoms with Crippen LogP contribution in [0.3, 0.4) is 0 Å². The van der Waals surface area contributed by atoms with Crippen molar-refractivity contribution in [3.8, 4) is 5.75 Å². The zero-order chi connectivity index (χ0) is 16.8. The average Bonchev–Trinajstić information content (AvgIpc) is 2.50. The van der Waals surface area contributed by atoms with Gasteiger partial charge in [-0.1, -0.05) is 18.9 Å². The third-order valence-electron chi connectivity index (χ3n) is 4.35. The van der Waals surface area contributed by atoms with Gasteiger partial charge in [0.1, 0.15) is 5.75 Å². The molecular formula is C18H25NO4. The first-order valence-electron chi connectivity index (χ1n) is 8.16. The number of nitrogens with one attached hydrogen (secondary N) is 1. The van der Waals surface area contributed by atoms with E-state index in [1.54, 1.807) is 0 Å². The summed E-state index contributed by atoms with van der Waals surface area (Å²) in [5.41, 5.74) is 2.18. The maximum absolute atomic E-state index is 11.9. The Morgan fingerprint density at radius 2 is 1.83 bits per heavy atom. The van der Waals surface area contributed by atoms with Crippen molar-refractivity contribution in [3.05, 3.63) is 29.3 Å². The lowest BCUT2D eigenvalue weighted by Crippen LogP contribution is -2.38. The second-order valence-electron chi connectivity index (χ2n) is 6.41. The van der Waals surface area contributed by atoms with Gasteiger partial charge in [0, 0.05) is 6.54 Å². The Morgan fingerprint density at radius 3 is 2.48 bits per heavy atom. The van der Waals surface area contributed by atoms with Crippen LogP contribution in [-0.2, 0) is 9.59 Å². The van der Waals surface area contributed by atoms with Gasteiger partial charge in [-0.05, 0) is 55.9 Å². The van der Waals surface area contributed by atoms with E-state index in [1.807, 2.05) is 32.0 Å². The van der Waals surface area contributed by atoms with Gasteiger partial charge in [0.15, 0.2) is 6.61 Å². The van der Waals surface area contributed by atoms with Gasteiger partial charge in [0.25, 0.3) is 5.91 Å². The largest absolute Gasteiger partial charge is 0.484 e. The van der Waals surface area contributed by atoms with Gasteiger partial charge in [-0.3, -0.25) is 9.59 Å². The maximum atomic E-state index is 11.9. The Hall–Kier alpha value is -2.04. The van der Waals surface area contributed by atoms with Crippen LogP contribution in [0.15, 0.2) is 18.2 Å². The van der Waals surface area contributed by atoms with Crippen LogP contribution in [0.25, 0.3) is 0 Å². The fourth-order valence-corrected chi connectivity index (χ4v) is 3.24. The fourth-order valence-electron chi connectivity index (χ4n) is 3.24. The molecule has 2 rings (SSSR count). The van der Waals surface area contributed by atoms with E-state index >= 15 is 0 Å². The summed E-state index contributed by atoms with van der Waals surface area (Å²) >= 11 is 0. The highest BCUT2D eigenvalue weighted by molar-refractivity contribution is 5.77. The number of amides is 1. The smallest absolute Gasteiger partial charge is 0.306 e. The summed E-state index contributed by atoms with van der Waals surface area (Å²) in [5, 5.41) is 12.0. The van der Waals surface area contributed by atoms with E-state index in [1.165, 1.54) is 0 Å². The van der Waals surface area contributed by atoms with Crippen molar-refractivity contribution in [2.24, 2.45) is 11.8 Å². The van der Waals surface area contributed by atoms with Gasteiger partial charge in [0.05, 0.1) is 5.92 Å². The normalized spacial score (nSPS) is 20.8. The first kappa shape index (κ1) is 17.3. The van der Waals surface area contributed by atoms with Gasteiger partial charge in [-0.25, -0.2) is 0 Å². The van der Waals surface area contributed by atoms with Crippen molar-refractivity contribution in [1.82, 2.24) is 5.32 Å². The van der Waals surface area contributed by atoms with Gasteiger partial charge in [-0.15, -0.1) is 0 Å². The highest BCUT2D eigenvalue weighted by Crippen LogP contribution is 2.29. The van der Waals surface area contributed by atoms with Crippen molar-refractivity contribution in [2.45, 2.75) is 39.5 Å². The van der Waals surface area contributed by atoms with Crippen LogP contribution in [0.2, 0.25) is 0 Å². The zero-order valence-electron chi connectivity index (χ0n) is 13.8. The van der Waals surface area contributed by atoms with Crippen LogP contribution in [0.1, 0.15) is 36.8 Å². The molecule has 0 radical (unpaired) electrons. The molecule has 1 aliphatic rings. The van der Waals surface area contributed by atoms with Crippen molar-refractivity contribution < 1.29 is 19.4 Å². The molecular weight excluding hydrogens is 294 g/mol. The molecule has 0 aliphatic heterocycles. The molecule has 0 bridgehead atoms. The number of ether oxygens (including phenoxy) is 1. The van der Waals surface area contributed by atoms with Crippen molar-refractivity contribution in [2.75, 3.05) is 13.2 Å². The summed E-state index contributed by atoms with van der Waals surface area (Å²) in [6.45, 7) is 4.32. The van der Waals surface area contributed by atoms with Gasteiger partial charge in [0.2, 0.25) is 0 Å². The van der Waals surface area contributed by atoms with Gasteiger partial charge < -0.3 is 15.2 Å². The standard InChI is InChI=1S/C18H25NO4/c1-12-7-13(2)9-15(8-12)23-11-17(20)19-10-14-5-3-4-6-16(14)18(21)22/h7-9,14,16H,3-6,10-11H2,1-2H3,(H,19,20)(H,21,22)/t14-,16-/m0/s1. The van der Waals surface area contributed by atoms with E-state index in [0.717, 1.165) is 30.4 Å². The Kier molecular flexibility index (Phi) is 6.02. The molecule has 23 heavy (non-hydrogen) atoms. The lowest BCUT2D eigenvalue weighted by Gasteiger charge is -2.28. The molecule has 0 aromatic heterocycles. The third kappa shape index (κ3) is 5.27. The summed E-state index contributed by atoms with van der Waals surface area (Å²) in [6, 6.07) is 5.83. The number of rotatable bonds is 6. The molecule has 0 spiro atoms. The van der Waals surface area contributed by atoms with Crippen LogP contribution in [0, 0.1) is 25.7 Å².